The normalized spacial score (nSPS) is 10.5. The van der Waals surface area contributed by atoms with E-state index in [1.165, 1.54) is 5.56 Å². The zero-order valence-electron chi connectivity index (χ0n) is 9.12. The Morgan fingerprint density at radius 1 is 0.933 bits per heavy atom. The molecular formula is C13H19ClO. The fourth-order valence-electron chi connectivity index (χ4n) is 1.42. The van der Waals surface area contributed by atoms with Gasteiger partial charge in [0, 0.05) is 19.1 Å². The first-order valence-electron chi connectivity index (χ1n) is 5.61. The number of ether oxygens (including phenoxy) is 1. The second-order valence-electron chi connectivity index (χ2n) is 3.60. The van der Waals surface area contributed by atoms with E-state index in [9.17, 15) is 0 Å². The number of hydrogen-bond acceptors (Lipinski definition) is 1. The van der Waals surface area contributed by atoms with Gasteiger partial charge in [0.2, 0.25) is 0 Å². The third kappa shape index (κ3) is 6.53. The van der Waals surface area contributed by atoms with Crippen LogP contribution in [-0.2, 0) is 11.2 Å². The molecule has 84 valence electrons. The summed E-state index contributed by atoms with van der Waals surface area (Å²) in [6.07, 6.45) is 4.34. The fraction of sp³-hybridized carbons (Fsp3) is 0.538. The van der Waals surface area contributed by atoms with E-state index in [1.807, 2.05) is 6.07 Å². The van der Waals surface area contributed by atoms with Crippen molar-refractivity contribution in [2.45, 2.75) is 25.7 Å². The summed E-state index contributed by atoms with van der Waals surface area (Å²) in [4.78, 5) is 0. The highest BCUT2D eigenvalue weighted by Crippen LogP contribution is 2.02. The Hall–Kier alpha value is -0.530. The quantitative estimate of drug-likeness (QED) is 0.486. The molecule has 0 amide bonds. The lowest BCUT2D eigenvalue weighted by Crippen LogP contribution is -1.99. The Bertz CT molecular complexity index is 236. The summed E-state index contributed by atoms with van der Waals surface area (Å²) in [7, 11) is 0. The van der Waals surface area contributed by atoms with E-state index in [0.717, 1.165) is 44.8 Å². The molecule has 0 N–H and O–H groups in total. The van der Waals surface area contributed by atoms with Crippen molar-refractivity contribution >= 4 is 11.6 Å². The van der Waals surface area contributed by atoms with Gasteiger partial charge in [-0.1, -0.05) is 30.3 Å². The zero-order chi connectivity index (χ0) is 10.8. The molecule has 0 bridgehead atoms. The van der Waals surface area contributed by atoms with Crippen LogP contribution < -0.4 is 0 Å². The van der Waals surface area contributed by atoms with E-state index in [1.54, 1.807) is 0 Å². The topological polar surface area (TPSA) is 9.23 Å². The average Bonchev–Trinajstić information content (AvgIpc) is 2.29. The van der Waals surface area contributed by atoms with Gasteiger partial charge in [-0.25, -0.2) is 0 Å². The van der Waals surface area contributed by atoms with E-state index in [2.05, 4.69) is 24.3 Å². The van der Waals surface area contributed by atoms with Crippen LogP contribution in [0.4, 0.5) is 0 Å². The van der Waals surface area contributed by atoms with Crippen molar-refractivity contribution in [3.8, 4) is 0 Å². The van der Waals surface area contributed by atoms with Gasteiger partial charge in [0.25, 0.3) is 0 Å². The van der Waals surface area contributed by atoms with Gasteiger partial charge >= 0.3 is 0 Å². The fourth-order valence-corrected chi connectivity index (χ4v) is 1.61. The van der Waals surface area contributed by atoms with Crippen LogP contribution in [0.1, 0.15) is 24.8 Å². The van der Waals surface area contributed by atoms with Crippen LogP contribution in [0.3, 0.4) is 0 Å². The minimum absolute atomic E-state index is 0.743. The van der Waals surface area contributed by atoms with Gasteiger partial charge in [0.1, 0.15) is 0 Å². The highest BCUT2D eigenvalue weighted by molar-refractivity contribution is 6.17. The first-order chi connectivity index (χ1) is 7.43. The minimum Gasteiger partial charge on any atom is -0.381 e. The molecule has 1 rings (SSSR count). The molecule has 0 saturated carbocycles. The lowest BCUT2D eigenvalue weighted by atomic mass is 10.1. The molecule has 0 spiro atoms. The molecule has 2 heteroatoms. The molecule has 0 saturated heterocycles. The molecule has 0 unspecified atom stereocenters. The summed E-state index contributed by atoms with van der Waals surface area (Å²) in [5.41, 5.74) is 1.39. The third-order valence-electron chi connectivity index (χ3n) is 2.27. The molecule has 1 aromatic rings. The number of alkyl halides is 1. The van der Waals surface area contributed by atoms with E-state index < -0.39 is 0 Å². The monoisotopic (exact) mass is 226 g/mol. The molecule has 0 atom stereocenters. The zero-order valence-corrected chi connectivity index (χ0v) is 9.88. The number of aryl methyl sites for hydroxylation is 1. The molecule has 0 fully saturated rings. The predicted molar refractivity (Wildman–Crippen MR) is 65.5 cm³/mol. The largest absolute Gasteiger partial charge is 0.381 e. The first-order valence-corrected chi connectivity index (χ1v) is 6.14. The van der Waals surface area contributed by atoms with Crippen molar-refractivity contribution in [1.29, 1.82) is 0 Å². The van der Waals surface area contributed by atoms with Gasteiger partial charge in [-0.2, -0.15) is 0 Å². The second kappa shape index (κ2) is 8.75. The molecule has 1 nitrogen and oxygen atoms in total. The molecule has 0 aromatic heterocycles. The summed E-state index contributed by atoms with van der Waals surface area (Å²) < 4.78 is 5.50. The van der Waals surface area contributed by atoms with Crippen LogP contribution in [0.25, 0.3) is 0 Å². The Morgan fingerprint density at radius 2 is 1.67 bits per heavy atom. The van der Waals surface area contributed by atoms with Gasteiger partial charge < -0.3 is 4.74 Å². The lowest BCUT2D eigenvalue weighted by Gasteiger charge is -2.03. The van der Waals surface area contributed by atoms with E-state index in [4.69, 9.17) is 16.3 Å². The van der Waals surface area contributed by atoms with Crippen LogP contribution in [0, 0.1) is 0 Å². The Morgan fingerprint density at radius 3 is 2.40 bits per heavy atom. The van der Waals surface area contributed by atoms with E-state index in [0.29, 0.717) is 0 Å². The average molecular weight is 227 g/mol. The van der Waals surface area contributed by atoms with Crippen LogP contribution in [-0.4, -0.2) is 19.1 Å². The highest BCUT2D eigenvalue weighted by Gasteiger charge is 1.92. The molecule has 0 aliphatic heterocycles. The van der Waals surface area contributed by atoms with Crippen LogP contribution in [0.5, 0.6) is 0 Å². The summed E-state index contributed by atoms with van der Waals surface area (Å²) in [5.74, 6) is 0.743. The maximum atomic E-state index is 5.57. The molecule has 15 heavy (non-hydrogen) atoms. The van der Waals surface area contributed by atoms with Crippen LogP contribution in [0.15, 0.2) is 30.3 Å². The lowest BCUT2D eigenvalue weighted by molar-refractivity contribution is 0.129. The van der Waals surface area contributed by atoms with Crippen molar-refractivity contribution in [1.82, 2.24) is 0 Å². The number of unbranched alkanes of at least 4 members (excludes halogenated alkanes) is 1. The third-order valence-corrected chi connectivity index (χ3v) is 2.54. The van der Waals surface area contributed by atoms with Gasteiger partial charge in [-0.3, -0.25) is 0 Å². The van der Waals surface area contributed by atoms with Gasteiger partial charge in [0.15, 0.2) is 0 Å². The Balaban J connectivity index is 1.93. The van der Waals surface area contributed by atoms with E-state index in [-0.39, 0.29) is 0 Å². The molecule has 0 aliphatic carbocycles. The standard InChI is InChI=1S/C13H19ClO/c14-10-4-5-11-15-12-6-9-13-7-2-1-3-8-13/h1-3,7-8H,4-6,9-12H2. The SMILES string of the molecule is ClCCCCOCCCc1ccccc1. The van der Waals surface area contributed by atoms with Crippen LogP contribution >= 0.6 is 11.6 Å². The van der Waals surface area contributed by atoms with Gasteiger partial charge in [-0.05, 0) is 31.2 Å². The van der Waals surface area contributed by atoms with Gasteiger partial charge in [0.05, 0.1) is 0 Å². The van der Waals surface area contributed by atoms with Crippen molar-refractivity contribution in [2.24, 2.45) is 0 Å². The number of rotatable bonds is 8. The molecule has 0 aliphatic rings. The summed E-state index contributed by atoms with van der Waals surface area (Å²) in [6.45, 7) is 1.71. The maximum Gasteiger partial charge on any atom is 0.0469 e. The van der Waals surface area contributed by atoms with Gasteiger partial charge in [-0.15, -0.1) is 11.6 Å². The molecular weight excluding hydrogens is 208 g/mol. The first kappa shape index (κ1) is 12.5. The molecule has 0 radical (unpaired) electrons. The number of halogens is 1. The molecule has 1 aromatic carbocycles. The highest BCUT2D eigenvalue weighted by atomic mass is 35.5. The van der Waals surface area contributed by atoms with Crippen LogP contribution in [0.2, 0.25) is 0 Å². The number of benzene rings is 1. The minimum atomic E-state index is 0.743. The summed E-state index contributed by atoms with van der Waals surface area (Å²) >= 11 is 5.57. The summed E-state index contributed by atoms with van der Waals surface area (Å²) in [5, 5.41) is 0. The maximum absolute atomic E-state index is 5.57. The van der Waals surface area contributed by atoms with Crippen molar-refractivity contribution in [2.75, 3.05) is 19.1 Å². The predicted octanol–water partition coefficient (Wildman–Crippen LogP) is 3.65. The number of hydrogen-bond donors (Lipinski definition) is 0. The second-order valence-corrected chi connectivity index (χ2v) is 3.98. The van der Waals surface area contributed by atoms with Crippen molar-refractivity contribution < 1.29 is 4.74 Å². The van der Waals surface area contributed by atoms with Crippen molar-refractivity contribution in [3.05, 3.63) is 35.9 Å². The van der Waals surface area contributed by atoms with Crippen molar-refractivity contribution in [3.63, 3.8) is 0 Å². The smallest absolute Gasteiger partial charge is 0.0469 e. The molecule has 0 heterocycles. The Labute approximate surface area is 97.4 Å². The Kier molecular flexibility index (Phi) is 7.32. The van der Waals surface area contributed by atoms with E-state index >= 15 is 0 Å². The summed E-state index contributed by atoms with van der Waals surface area (Å²) in [6, 6.07) is 10.5.